The van der Waals surface area contributed by atoms with Gasteiger partial charge in [-0.15, -0.1) is 0 Å². The van der Waals surface area contributed by atoms with Crippen LogP contribution in [0.4, 0.5) is 0 Å². The van der Waals surface area contributed by atoms with Crippen LogP contribution >= 0.6 is 0 Å². The molecule has 2 saturated heterocycles. The molecule has 0 saturated carbocycles. The Kier molecular flexibility index (Phi) is 6.21. The molecule has 7 nitrogen and oxygen atoms in total. The summed E-state index contributed by atoms with van der Waals surface area (Å²) in [4.78, 5) is 0. The first-order valence-corrected chi connectivity index (χ1v) is 9.52. The number of hydroxylamine groups is 1. The monoisotopic (exact) mass is 391 g/mol. The highest BCUT2D eigenvalue weighted by atomic mass is 16.8. The van der Waals surface area contributed by atoms with Crippen molar-refractivity contribution in [2.45, 2.75) is 63.7 Å². The van der Waals surface area contributed by atoms with Crippen molar-refractivity contribution in [3.05, 3.63) is 47.2 Å². The van der Waals surface area contributed by atoms with E-state index in [1.165, 1.54) is 6.21 Å². The normalized spacial score (nSPS) is 32.2. The van der Waals surface area contributed by atoms with Crippen LogP contribution in [-0.2, 0) is 18.9 Å². The lowest BCUT2D eigenvalue weighted by Crippen LogP contribution is -2.45. The topological polar surface area (TPSA) is 83.2 Å². The van der Waals surface area contributed by atoms with Gasteiger partial charge in [0.05, 0.1) is 6.61 Å². The van der Waals surface area contributed by atoms with Gasteiger partial charge >= 0.3 is 0 Å². The van der Waals surface area contributed by atoms with Crippen LogP contribution in [0.15, 0.2) is 36.4 Å². The maximum absolute atomic E-state index is 12.4. The summed E-state index contributed by atoms with van der Waals surface area (Å²) in [6, 6.07) is 9.73. The van der Waals surface area contributed by atoms with Crippen LogP contribution in [0.2, 0.25) is 0 Å². The molecule has 4 atom stereocenters. The molecule has 0 amide bonds. The molecule has 0 aromatic heterocycles. The van der Waals surface area contributed by atoms with E-state index in [1.54, 1.807) is 33.8 Å². The Morgan fingerprint density at radius 1 is 0.964 bits per heavy atom. The zero-order valence-corrected chi connectivity index (χ0v) is 16.8. The summed E-state index contributed by atoms with van der Waals surface area (Å²) in [7, 11) is 0. The number of hydrogen-bond donors (Lipinski definition) is 1. The third-order valence-corrected chi connectivity index (χ3v) is 4.65. The highest BCUT2D eigenvalue weighted by Gasteiger charge is 2.54. The van der Waals surface area contributed by atoms with Gasteiger partial charge in [0.2, 0.25) is 0 Å². The van der Waals surface area contributed by atoms with Crippen molar-refractivity contribution < 1.29 is 28.8 Å². The molecule has 0 radical (unpaired) electrons. The molecule has 7 heteroatoms. The van der Waals surface area contributed by atoms with Gasteiger partial charge in [-0.2, -0.15) is 0 Å². The first-order valence-electron chi connectivity index (χ1n) is 9.52. The average molecular weight is 391 g/mol. The highest BCUT2D eigenvalue weighted by Crippen LogP contribution is 2.38. The second-order valence-electron chi connectivity index (χ2n) is 7.98. The summed E-state index contributed by atoms with van der Waals surface area (Å²) in [6.07, 6.45) is 2.89. The van der Waals surface area contributed by atoms with Gasteiger partial charge in [0, 0.05) is 6.08 Å². The molecule has 1 aromatic carbocycles. The summed E-state index contributed by atoms with van der Waals surface area (Å²) >= 11 is 0. The van der Waals surface area contributed by atoms with Gasteiger partial charge < -0.3 is 29.3 Å². The van der Waals surface area contributed by atoms with Crippen molar-refractivity contribution in [2.24, 2.45) is 0 Å². The van der Waals surface area contributed by atoms with E-state index in [0.717, 1.165) is 10.3 Å². The summed E-state index contributed by atoms with van der Waals surface area (Å²) < 4.78 is 24.5. The summed E-state index contributed by atoms with van der Waals surface area (Å²) in [5, 5.41) is 22.1. The number of rotatable bonds is 6. The predicted molar refractivity (Wildman–Crippen MR) is 105 cm³/mol. The largest absolute Gasteiger partial charge is 0.624 e. The minimum absolute atomic E-state index is 0.0751. The molecule has 2 aliphatic rings. The Morgan fingerprint density at radius 2 is 1.54 bits per heavy atom. The lowest BCUT2D eigenvalue weighted by atomic mass is 10.0. The summed E-state index contributed by atoms with van der Waals surface area (Å²) in [6.45, 7) is 7.03. The number of aliphatic hydroxyl groups is 1. The van der Waals surface area contributed by atoms with Gasteiger partial charge in [0.15, 0.2) is 24.3 Å². The van der Waals surface area contributed by atoms with Crippen molar-refractivity contribution in [1.29, 1.82) is 0 Å². The van der Waals surface area contributed by atoms with E-state index in [9.17, 15) is 10.3 Å². The summed E-state index contributed by atoms with van der Waals surface area (Å²) in [5.74, 6) is -1.69. The Labute approximate surface area is 165 Å². The number of ether oxygens (including phenoxy) is 4. The minimum atomic E-state index is -0.855. The van der Waals surface area contributed by atoms with Gasteiger partial charge in [0.25, 0.3) is 0 Å². The van der Waals surface area contributed by atoms with Gasteiger partial charge in [-0.1, -0.05) is 30.3 Å². The zero-order chi connectivity index (χ0) is 20.4. The van der Waals surface area contributed by atoms with Crippen LogP contribution in [-0.4, -0.2) is 65.2 Å². The number of benzene rings is 1. The van der Waals surface area contributed by atoms with Gasteiger partial charge in [-0.3, -0.25) is 0 Å². The smallest absolute Gasteiger partial charge is 0.182 e. The van der Waals surface area contributed by atoms with E-state index < -0.39 is 36.0 Å². The Bertz CT molecular complexity index is 715. The first kappa shape index (κ1) is 21.0. The predicted octanol–water partition coefficient (Wildman–Crippen LogP) is 2.31. The van der Waals surface area contributed by atoms with Crippen LogP contribution in [0.5, 0.6) is 0 Å². The standard InChI is InChI=1S/C21H29NO6/c1-20(2)25-16(13-22(24)12-8-11-15-9-6-5-7-10-15)18(27-20)19-17(14-23)26-21(3,4)28-19/h5-12,16-19,23H,13-14H2,1-4H3/b11-8+,22-12-/t16-,17-,18+,19-/m1/s1. The van der Waals surface area contributed by atoms with Crippen molar-refractivity contribution >= 4 is 12.3 Å². The van der Waals surface area contributed by atoms with E-state index in [-0.39, 0.29) is 13.2 Å². The SMILES string of the molecule is CC1(C)O[C@H]([C@@H]2OC(C)(C)O[C@@H]2CO)[C@@H](C/[N+]([O-])=C/C=C/c2ccccc2)O1. The lowest BCUT2D eigenvalue weighted by Gasteiger charge is -2.25. The molecule has 0 spiro atoms. The fourth-order valence-electron chi connectivity index (χ4n) is 3.62. The van der Waals surface area contributed by atoms with E-state index in [1.807, 2.05) is 36.4 Å². The van der Waals surface area contributed by atoms with E-state index >= 15 is 0 Å². The molecule has 2 fully saturated rings. The molecule has 1 N–H and O–H groups in total. The molecular formula is C21H29NO6. The molecule has 0 unspecified atom stereocenters. The van der Waals surface area contributed by atoms with Crippen LogP contribution in [0, 0.1) is 5.21 Å². The number of aliphatic hydroxyl groups excluding tert-OH is 1. The van der Waals surface area contributed by atoms with Crippen molar-refractivity contribution in [2.75, 3.05) is 13.2 Å². The molecule has 0 aliphatic carbocycles. The van der Waals surface area contributed by atoms with Gasteiger partial charge in [0.1, 0.15) is 24.4 Å². The van der Waals surface area contributed by atoms with Crippen LogP contribution in [0.25, 0.3) is 6.08 Å². The van der Waals surface area contributed by atoms with Crippen LogP contribution < -0.4 is 0 Å². The average Bonchev–Trinajstić information content (AvgIpc) is 3.10. The fraction of sp³-hybridized carbons (Fsp3) is 0.571. The van der Waals surface area contributed by atoms with Crippen molar-refractivity contribution in [3.63, 3.8) is 0 Å². The van der Waals surface area contributed by atoms with Gasteiger partial charge in [-0.25, -0.2) is 4.74 Å². The Balaban J connectivity index is 1.70. The lowest BCUT2D eigenvalue weighted by molar-refractivity contribution is -0.465. The molecule has 154 valence electrons. The molecule has 3 rings (SSSR count). The minimum Gasteiger partial charge on any atom is -0.624 e. The third kappa shape index (κ3) is 5.18. The van der Waals surface area contributed by atoms with Crippen LogP contribution in [0.1, 0.15) is 33.3 Å². The third-order valence-electron chi connectivity index (χ3n) is 4.65. The molecule has 2 aliphatic heterocycles. The number of nitrogens with zero attached hydrogens (tertiary/aromatic N) is 1. The number of hydrogen-bond acceptors (Lipinski definition) is 6. The Morgan fingerprint density at radius 3 is 2.14 bits per heavy atom. The second-order valence-corrected chi connectivity index (χ2v) is 7.98. The summed E-state index contributed by atoms with van der Waals surface area (Å²) in [5.41, 5.74) is 1.01. The van der Waals surface area contributed by atoms with E-state index in [2.05, 4.69) is 0 Å². The fourth-order valence-corrected chi connectivity index (χ4v) is 3.62. The maximum Gasteiger partial charge on any atom is 0.182 e. The molecule has 2 heterocycles. The second kappa shape index (κ2) is 8.31. The van der Waals surface area contributed by atoms with Crippen LogP contribution in [0.3, 0.4) is 0 Å². The zero-order valence-electron chi connectivity index (χ0n) is 16.8. The molecule has 1 aromatic rings. The van der Waals surface area contributed by atoms with E-state index in [0.29, 0.717) is 0 Å². The number of allylic oxidation sites excluding steroid dienone is 1. The molecular weight excluding hydrogens is 362 g/mol. The maximum atomic E-state index is 12.4. The van der Waals surface area contributed by atoms with E-state index in [4.69, 9.17) is 18.9 Å². The van der Waals surface area contributed by atoms with Crippen molar-refractivity contribution in [1.82, 2.24) is 0 Å². The van der Waals surface area contributed by atoms with Crippen molar-refractivity contribution in [3.8, 4) is 0 Å². The molecule has 0 bridgehead atoms. The highest BCUT2D eigenvalue weighted by molar-refractivity contribution is 5.74. The Hall–Kier alpha value is -1.77. The molecule has 28 heavy (non-hydrogen) atoms. The van der Waals surface area contributed by atoms with Gasteiger partial charge in [-0.05, 0) is 39.3 Å². The quantitative estimate of drug-likeness (QED) is 0.347. The first-order chi connectivity index (χ1) is 13.2.